The van der Waals surface area contributed by atoms with Crippen molar-refractivity contribution in [3.05, 3.63) is 55.6 Å². The summed E-state index contributed by atoms with van der Waals surface area (Å²) in [6, 6.07) is 7.80. The maximum absolute atomic E-state index is 14.7. The van der Waals surface area contributed by atoms with Gasteiger partial charge in [-0.1, -0.05) is 64.0 Å². The molecule has 0 radical (unpaired) electrons. The Hall–Kier alpha value is -2.97. The Morgan fingerprint density at radius 2 is 1.79 bits per heavy atom. The molecule has 1 N–H and O–H groups in total. The molecule has 230 valence electrons. The molecule has 42 heavy (non-hydrogen) atoms. The van der Waals surface area contributed by atoms with Gasteiger partial charge in [0.2, 0.25) is 17.7 Å². The molecule has 0 aliphatic carbocycles. The third-order valence-corrected chi connectivity index (χ3v) is 10.1. The van der Waals surface area contributed by atoms with Crippen molar-refractivity contribution in [3.8, 4) is 0 Å². The molecule has 8 atom stereocenters. The zero-order valence-electron chi connectivity index (χ0n) is 26.0. The predicted molar refractivity (Wildman–Crippen MR) is 165 cm³/mol. The molecule has 2 bridgehead atoms. The number of aliphatic hydroxyl groups excluding tert-OH is 1. The molecule has 3 aliphatic rings. The summed E-state index contributed by atoms with van der Waals surface area (Å²) in [6.45, 7) is 18.1. The molecule has 3 amide bonds. The first-order valence-electron chi connectivity index (χ1n) is 15.6. The second kappa shape index (κ2) is 12.7. The number of hydrogen-bond acceptors (Lipinski definition) is 5. The van der Waals surface area contributed by atoms with Crippen LogP contribution in [0.5, 0.6) is 0 Å². The van der Waals surface area contributed by atoms with Crippen LogP contribution in [0.25, 0.3) is 0 Å². The second-order valence-electron chi connectivity index (χ2n) is 12.6. The summed E-state index contributed by atoms with van der Waals surface area (Å²) in [5.74, 6) is -2.35. The smallest absolute Gasteiger partial charge is 0.248 e. The first-order valence-corrected chi connectivity index (χ1v) is 15.6. The van der Waals surface area contributed by atoms with Gasteiger partial charge in [-0.3, -0.25) is 14.4 Å². The summed E-state index contributed by atoms with van der Waals surface area (Å²) >= 11 is 0. The summed E-state index contributed by atoms with van der Waals surface area (Å²) in [7, 11) is 0. The van der Waals surface area contributed by atoms with Crippen molar-refractivity contribution in [1.29, 1.82) is 0 Å². The number of para-hydroxylation sites is 1. The SMILES string of the molecule is C=CCN(C(=O)[C@@H]1[C@H]2C(=O)N([C@@H](CO)[C@@H](C)CC)C(C(=O)N(CC=C)C(C)CCC)C23CC[C@@]1(C)O3)c1ccccc1. The Kier molecular flexibility index (Phi) is 9.68. The fourth-order valence-corrected chi connectivity index (χ4v) is 7.78. The van der Waals surface area contributed by atoms with Gasteiger partial charge in [-0.15, -0.1) is 13.2 Å². The Balaban J connectivity index is 1.86. The standard InChI is InChI=1S/C34H49N3O5/c1-8-15-24(6)35(20-9-2)32(41)29-34-19-18-33(7,42-34)27(28(34)31(40)37(29)26(22-38)23(5)11-4)30(39)36(21-10-3)25-16-13-12-14-17-25/h9-10,12-14,16-17,23-24,26-29,38H,2-3,8,11,15,18-22H2,1,4-7H3/t23-,24?,26-,27-,28-,29?,33+,34?/m0/s1. The Morgan fingerprint density at radius 3 is 2.36 bits per heavy atom. The average Bonchev–Trinajstić information content (AvgIpc) is 3.55. The van der Waals surface area contributed by atoms with E-state index in [1.165, 1.54) is 0 Å². The van der Waals surface area contributed by atoms with E-state index >= 15 is 0 Å². The lowest BCUT2D eigenvalue weighted by molar-refractivity contribution is -0.157. The van der Waals surface area contributed by atoms with Crippen LogP contribution in [0.2, 0.25) is 0 Å². The number of benzene rings is 1. The monoisotopic (exact) mass is 579 g/mol. The molecule has 1 aromatic carbocycles. The molecule has 4 rings (SSSR count). The Morgan fingerprint density at radius 1 is 1.12 bits per heavy atom. The van der Waals surface area contributed by atoms with Crippen molar-refractivity contribution in [3.63, 3.8) is 0 Å². The van der Waals surface area contributed by atoms with E-state index in [1.54, 1.807) is 26.9 Å². The van der Waals surface area contributed by atoms with Crippen LogP contribution < -0.4 is 4.90 Å². The molecule has 8 nitrogen and oxygen atoms in total. The van der Waals surface area contributed by atoms with Crippen LogP contribution in [0.15, 0.2) is 55.6 Å². The number of rotatable bonds is 14. The van der Waals surface area contributed by atoms with Crippen LogP contribution in [0.4, 0.5) is 5.69 Å². The van der Waals surface area contributed by atoms with Crippen molar-refractivity contribution >= 4 is 23.4 Å². The van der Waals surface area contributed by atoms with Crippen LogP contribution in [0.3, 0.4) is 0 Å². The summed E-state index contributed by atoms with van der Waals surface area (Å²) in [4.78, 5) is 49.0. The molecule has 0 saturated carbocycles. The molecule has 0 aromatic heterocycles. The number of likely N-dealkylation sites (tertiary alicyclic amines) is 1. The highest BCUT2D eigenvalue weighted by molar-refractivity contribution is 6.03. The molecule has 3 heterocycles. The highest BCUT2D eigenvalue weighted by Crippen LogP contribution is 2.64. The van der Waals surface area contributed by atoms with E-state index in [1.807, 2.05) is 58.0 Å². The predicted octanol–water partition coefficient (Wildman–Crippen LogP) is 4.58. The van der Waals surface area contributed by atoms with Gasteiger partial charge in [0, 0.05) is 24.8 Å². The van der Waals surface area contributed by atoms with Crippen molar-refractivity contribution in [2.24, 2.45) is 17.8 Å². The third-order valence-electron chi connectivity index (χ3n) is 10.1. The lowest BCUT2D eigenvalue weighted by atomic mass is 9.66. The number of fused-ring (bicyclic) bond motifs is 1. The minimum Gasteiger partial charge on any atom is -0.394 e. The number of carbonyl (C=O) groups is 3. The number of hydrogen-bond donors (Lipinski definition) is 1. The largest absolute Gasteiger partial charge is 0.394 e. The van der Waals surface area contributed by atoms with Crippen molar-refractivity contribution in [1.82, 2.24) is 9.80 Å². The van der Waals surface area contributed by atoms with Crippen molar-refractivity contribution in [2.45, 2.75) is 96.1 Å². The van der Waals surface area contributed by atoms with Crippen LogP contribution in [-0.2, 0) is 19.1 Å². The molecule has 3 aliphatic heterocycles. The van der Waals surface area contributed by atoms with E-state index in [2.05, 4.69) is 20.1 Å². The van der Waals surface area contributed by atoms with Gasteiger partial charge in [0.05, 0.1) is 30.1 Å². The zero-order chi connectivity index (χ0) is 30.8. The van der Waals surface area contributed by atoms with Crippen molar-refractivity contribution in [2.75, 3.05) is 24.6 Å². The molecule has 1 spiro atoms. The van der Waals surface area contributed by atoms with E-state index in [-0.39, 0.29) is 42.8 Å². The lowest BCUT2D eigenvalue weighted by Gasteiger charge is -2.42. The normalized spacial score (nSPS) is 30.0. The zero-order valence-corrected chi connectivity index (χ0v) is 26.0. The molecule has 3 fully saturated rings. The number of nitrogens with zero attached hydrogens (tertiary/aromatic N) is 3. The van der Waals surface area contributed by atoms with Gasteiger partial charge in [0.1, 0.15) is 11.6 Å². The second-order valence-corrected chi connectivity index (χ2v) is 12.6. The summed E-state index contributed by atoms with van der Waals surface area (Å²) in [6.07, 6.45) is 6.87. The van der Waals surface area contributed by atoms with Gasteiger partial charge in [0.25, 0.3) is 0 Å². The number of amides is 3. The van der Waals surface area contributed by atoms with Gasteiger partial charge in [-0.05, 0) is 51.2 Å². The summed E-state index contributed by atoms with van der Waals surface area (Å²) in [5.41, 5.74) is -1.35. The minimum absolute atomic E-state index is 0.0612. The number of anilines is 1. The van der Waals surface area contributed by atoms with Gasteiger partial charge >= 0.3 is 0 Å². The summed E-state index contributed by atoms with van der Waals surface area (Å²) in [5, 5.41) is 10.6. The highest BCUT2D eigenvalue weighted by atomic mass is 16.5. The van der Waals surface area contributed by atoms with E-state index in [9.17, 15) is 19.5 Å². The first-order chi connectivity index (χ1) is 20.1. The topological polar surface area (TPSA) is 90.4 Å². The maximum Gasteiger partial charge on any atom is 0.248 e. The van der Waals surface area contributed by atoms with Gasteiger partial charge in [-0.25, -0.2) is 0 Å². The molecular weight excluding hydrogens is 530 g/mol. The molecule has 3 unspecified atom stereocenters. The highest BCUT2D eigenvalue weighted by Gasteiger charge is 2.79. The molecule has 1 aromatic rings. The van der Waals surface area contributed by atoms with Crippen LogP contribution >= 0.6 is 0 Å². The van der Waals surface area contributed by atoms with E-state index in [0.29, 0.717) is 19.4 Å². The Labute approximate surface area is 251 Å². The van der Waals surface area contributed by atoms with Gasteiger partial charge in [-0.2, -0.15) is 0 Å². The lowest BCUT2D eigenvalue weighted by Crippen LogP contribution is -2.61. The third kappa shape index (κ3) is 5.11. The minimum atomic E-state index is -1.16. The quantitative estimate of drug-likeness (QED) is 0.326. The van der Waals surface area contributed by atoms with Gasteiger partial charge in [0.15, 0.2) is 0 Å². The van der Waals surface area contributed by atoms with Crippen LogP contribution in [0.1, 0.15) is 66.7 Å². The van der Waals surface area contributed by atoms with Crippen LogP contribution in [0, 0.1) is 17.8 Å². The molecule has 8 heteroatoms. The van der Waals surface area contributed by atoms with E-state index < -0.39 is 35.1 Å². The number of aliphatic hydroxyl groups is 1. The van der Waals surface area contributed by atoms with E-state index in [4.69, 9.17) is 4.74 Å². The average molecular weight is 580 g/mol. The summed E-state index contributed by atoms with van der Waals surface area (Å²) < 4.78 is 6.89. The van der Waals surface area contributed by atoms with E-state index in [0.717, 1.165) is 24.9 Å². The first kappa shape index (κ1) is 32.0. The number of carbonyl (C=O) groups excluding carboxylic acids is 3. The van der Waals surface area contributed by atoms with Crippen LogP contribution in [-0.4, -0.2) is 81.7 Å². The fourth-order valence-electron chi connectivity index (χ4n) is 7.78. The maximum atomic E-state index is 14.7. The fraction of sp³-hybridized carbons (Fsp3) is 0.618. The molecule has 3 saturated heterocycles. The molecular formula is C34H49N3O5. The number of ether oxygens (including phenoxy) is 1. The van der Waals surface area contributed by atoms with Crippen molar-refractivity contribution < 1.29 is 24.2 Å². The Bertz CT molecular complexity index is 1170. The van der Waals surface area contributed by atoms with Gasteiger partial charge < -0.3 is 24.5 Å².